The number of methoxy groups -OCH3 is 1. The molecule has 0 saturated heterocycles. The second-order valence-electron chi connectivity index (χ2n) is 4.67. The molecule has 4 nitrogen and oxygen atoms in total. The van der Waals surface area contributed by atoms with Crippen LogP contribution in [0.15, 0.2) is 18.2 Å². The maximum Gasteiger partial charge on any atom is 0.319 e. The van der Waals surface area contributed by atoms with Gasteiger partial charge in [-0.05, 0) is 32.9 Å². The summed E-state index contributed by atoms with van der Waals surface area (Å²) in [5.41, 5.74) is 0.225. The molecule has 2 N–H and O–H groups in total. The Balaban J connectivity index is 2.77. The van der Waals surface area contributed by atoms with Gasteiger partial charge in [0.05, 0.1) is 17.8 Å². The number of ether oxygens (including phenoxy) is 1. The molecule has 94 valence electrons. The van der Waals surface area contributed by atoms with Gasteiger partial charge in [0.1, 0.15) is 5.75 Å². The lowest BCUT2D eigenvalue weighted by Gasteiger charge is -2.21. The molecular weight excluding hydrogens is 240 g/mol. The minimum atomic E-state index is -0.298. The molecule has 0 aliphatic rings. The van der Waals surface area contributed by atoms with Gasteiger partial charge in [-0.25, -0.2) is 4.79 Å². The molecule has 1 rings (SSSR count). The van der Waals surface area contributed by atoms with Crippen LogP contribution in [0.2, 0.25) is 5.02 Å². The third-order valence-electron chi connectivity index (χ3n) is 1.91. The fourth-order valence-corrected chi connectivity index (χ4v) is 1.39. The van der Waals surface area contributed by atoms with Crippen LogP contribution in [0.25, 0.3) is 0 Å². The molecule has 0 radical (unpaired) electrons. The molecule has 1 aromatic carbocycles. The number of anilines is 1. The van der Waals surface area contributed by atoms with Gasteiger partial charge in [-0.2, -0.15) is 0 Å². The Morgan fingerprint density at radius 1 is 1.35 bits per heavy atom. The molecule has 2 amide bonds. The molecule has 0 unspecified atom stereocenters. The Labute approximate surface area is 106 Å². The number of nitrogens with one attached hydrogen (secondary N) is 2. The number of hydrogen-bond acceptors (Lipinski definition) is 2. The summed E-state index contributed by atoms with van der Waals surface area (Å²) >= 11 is 5.97. The SMILES string of the molecule is COc1ccc(Cl)c(NC(=O)NC(C)(C)C)c1. The van der Waals surface area contributed by atoms with E-state index in [-0.39, 0.29) is 11.6 Å². The molecule has 0 bridgehead atoms. The second-order valence-corrected chi connectivity index (χ2v) is 5.08. The van der Waals surface area contributed by atoms with E-state index in [2.05, 4.69) is 10.6 Å². The number of urea groups is 1. The quantitative estimate of drug-likeness (QED) is 0.853. The smallest absolute Gasteiger partial charge is 0.319 e. The van der Waals surface area contributed by atoms with Crippen LogP contribution in [-0.4, -0.2) is 18.7 Å². The van der Waals surface area contributed by atoms with E-state index in [1.165, 1.54) is 0 Å². The lowest BCUT2D eigenvalue weighted by molar-refractivity contribution is 0.244. The van der Waals surface area contributed by atoms with Crippen LogP contribution in [0.1, 0.15) is 20.8 Å². The van der Waals surface area contributed by atoms with E-state index in [4.69, 9.17) is 16.3 Å². The average Bonchev–Trinajstić information content (AvgIpc) is 2.18. The highest BCUT2D eigenvalue weighted by Crippen LogP contribution is 2.26. The Bertz CT molecular complexity index is 413. The minimum absolute atomic E-state index is 0.296. The highest BCUT2D eigenvalue weighted by molar-refractivity contribution is 6.33. The summed E-state index contributed by atoms with van der Waals surface area (Å²) in [4.78, 5) is 11.7. The van der Waals surface area contributed by atoms with Gasteiger partial charge in [-0.15, -0.1) is 0 Å². The van der Waals surface area contributed by atoms with Gasteiger partial charge >= 0.3 is 6.03 Å². The van der Waals surface area contributed by atoms with E-state index in [0.29, 0.717) is 16.5 Å². The zero-order valence-electron chi connectivity index (χ0n) is 10.4. The van der Waals surface area contributed by atoms with Gasteiger partial charge in [0, 0.05) is 11.6 Å². The molecule has 0 atom stereocenters. The fraction of sp³-hybridized carbons (Fsp3) is 0.417. The highest BCUT2D eigenvalue weighted by Gasteiger charge is 2.14. The van der Waals surface area contributed by atoms with E-state index >= 15 is 0 Å². The molecular formula is C12H17ClN2O2. The van der Waals surface area contributed by atoms with Gasteiger partial charge in [0.25, 0.3) is 0 Å². The molecule has 0 aromatic heterocycles. The monoisotopic (exact) mass is 256 g/mol. The zero-order valence-corrected chi connectivity index (χ0v) is 11.2. The largest absolute Gasteiger partial charge is 0.497 e. The number of carbonyl (C=O) groups excluding carboxylic acids is 1. The van der Waals surface area contributed by atoms with Crippen LogP contribution in [0.5, 0.6) is 5.75 Å². The second kappa shape index (κ2) is 5.27. The highest BCUT2D eigenvalue weighted by atomic mass is 35.5. The van der Waals surface area contributed by atoms with E-state index in [1.54, 1.807) is 25.3 Å². The van der Waals surface area contributed by atoms with Crippen molar-refractivity contribution in [2.75, 3.05) is 12.4 Å². The number of amides is 2. The van der Waals surface area contributed by atoms with Crippen molar-refractivity contribution in [2.45, 2.75) is 26.3 Å². The summed E-state index contributed by atoms with van der Waals surface area (Å²) in [5.74, 6) is 0.639. The maximum atomic E-state index is 11.7. The Kier molecular flexibility index (Phi) is 4.23. The number of rotatable bonds is 2. The van der Waals surface area contributed by atoms with Gasteiger partial charge in [-0.3, -0.25) is 0 Å². The number of hydrogen-bond donors (Lipinski definition) is 2. The van der Waals surface area contributed by atoms with Gasteiger partial charge in [-0.1, -0.05) is 11.6 Å². The van der Waals surface area contributed by atoms with Crippen molar-refractivity contribution in [3.05, 3.63) is 23.2 Å². The van der Waals surface area contributed by atoms with Crippen molar-refractivity contribution < 1.29 is 9.53 Å². The van der Waals surface area contributed by atoms with Crippen LogP contribution >= 0.6 is 11.6 Å². The summed E-state index contributed by atoms with van der Waals surface area (Å²) in [6.45, 7) is 5.71. The van der Waals surface area contributed by atoms with E-state index in [9.17, 15) is 4.79 Å². The molecule has 1 aromatic rings. The van der Waals surface area contributed by atoms with E-state index in [0.717, 1.165) is 0 Å². The molecule has 0 saturated carbocycles. The zero-order chi connectivity index (χ0) is 13.1. The topological polar surface area (TPSA) is 50.4 Å². The normalized spacial score (nSPS) is 10.9. The molecule has 0 fully saturated rings. The Hall–Kier alpha value is -1.42. The molecule has 17 heavy (non-hydrogen) atoms. The lowest BCUT2D eigenvalue weighted by atomic mass is 10.1. The predicted molar refractivity (Wildman–Crippen MR) is 69.9 cm³/mol. The van der Waals surface area contributed by atoms with Crippen molar-refractivity contribution in [2.24, 2.45) is 0 Å². The third kappa shape index (κ3) is 4.53. The van der Waals surface area contributed by atoms with Crippen molar-refractivity contribution >= 4 is 23.3 Å². The van der Waals surface area contributed by atoms with Gasteiger partial charge < -0.3 is 15.4 Å². The fourth-order valence-electron chi connectivity index (χ4n) is 1.22. The maximum absolute atomic E-state index is 11.7. The van der Waals surface area contributed by atoms with Gasteiger partial charge in [0.2, 0.25) is 0 Å². The molecule has 5 heteroatoms. The Morgan fingerprint density at radius 3 is 2.53 bits per heavy atom. The van der Waals surface area contributed by atoms with E-state index in [1.807, 2.05) is 20.8 Å². The van der Waals surface area contributed by atoms with Crippen LogP contribution in [0, 0.1) is 0 Å². The van der Waals surface area contributed by atoms with Crippen LogP contribution < -0.4 is 15.4 Å². The number of carbonyl (C=O) groups is 1. The first-order chi connectivity index (χ1) is 7.81. The summed E-state index contributed by atoms with van der Waals surface area (Å²) < 4.78 is 5.06. The third-order valence-corrected chi connectivity index (χ3v) is 2.24. The Morgan fingerprint density at radius 2 is 2.00 bits per heavy atom. The average molecular weight is 257 g/mol. The standard InChI is InChI=1S/C12H17ClN2O2/c1-12(2,3)15-11(16)14-10-7-8(17-4)5-6-9(10)13/h5-7H,1-4H3,(H2,14,15,16). The minimum Gasteiger partial charge on any atom is -0.497 e. The number of benzene rings is 1. The first kappa shape index (κ1) is 13.6. The van der Waals surface area contributed by atoms with Gasteiger partial charge in [0.15, 0.2) is 0 Å². The molecule has 0 aliphatic carbocycles. The predicted octanol–water partition coefficient (Wildman–Crippen LogP) is 3.27. The summed E-state index contributed by atoms with van der Waals surface area (Å²) in [7, 11) is 1.56. The van der Waals surface area contributed by atoms with Crippen LogP contribution in [-0.2, 0) is 0 Å². The summed E-state index contributed by atoms with van der Waals surface area (Å²) in [6, 6.07) is 4.78. The van der Waals surface area contributed by atoms with Crippen molar-refractivity contribution in [1.29, 1.82) is 0 Å². The van der Waals surface area contributed by atoms with Crippen LogP contribution in [0.4, 0.5) is 10.5 Å². The molecule has 0 spiro atoms. The lowest BCUT2D eigenvalue weighted by Crippen LogP contribution is -2.43. The van der Waals surface area contributed by atoms with Crippen molar-refractivity contribution in [3.8, 4) is 5.75 Å². The molecule has 0 aliphatic heterocycles. The van der Waals surface area contributed by atoms with Crippen molar-refractivity contribution in [3.63, 3.8) is 0 Å². The molecule has 0 heterocycles. The van der Waals surface area contributed by atoms with Crippen LogP contribution in [0.3, 0.4) is 0 Å². The van der Waals surface area contributed by atoms with Crippen molar-refractivity contribution in [1.82, 2.24) is 5.32 Å². The first-order valence-electron chi connectivity index (χ1n) is 5.24. The summed E-state index contributed by atoms with van der Waals surface area (Å²) in [6.07, 6.45) is 0. The van der Waals surface area contributed by atoms with E-state index < -0.39 is 0 Å². The number of halogens is 1. The summed E-state index contributed by atoms with van der Waals surface area (Å²) in [5, 5.41) is 5.93. The first-order valence-corrected chi connectivity index (χ1v) is 5.62.